The van der Waals surface area contributed by atoms with Crippen molar-refractivity contribution in [2.45, 2.75) is 38.2 Å². The molecule has 6 rings (SSSR count). The lowest BCUT2D eigenvalue weighted by Gasteiger charge is -2.24. The average molecular weight is 512 g/mol. The number of nitrogens with one attached hydrogen (secondary N) is 1. The highest BCUT2D eigenvalue weighted by Gasteiger charge is 2.34. The first-order chi connectivity index (χ1) is 18.5. The number of likely N-dealkylation sites (tertiary alicyclic amines) is 1. The van der Waals surface area contributed by atoms with E-state index in [4.69, 9.17) is 5.73 Å². The Morgan fingerprint density at radius 1 is 1.11 bits per heavy atom. The van der Waals surface area contributed by atoms with E-state index in [0.29, 0.717) is 43.1 Å². The molecule has 1 saturated heterocycles. The van der Waals surface area contributed by atoms with Crippen LogP contribution in [0.2, 0.25) is 0 Å². The summed E-state index contributed by atoms with van der Waals surface area (Å²) in [4.78, 5) is 20.3. The van der Waals surface area contributed by atoms with Crippen LogP contribution in [0.3, 0.4) is 0 Å². The molecule has 0 aliphatic carbocycles. The molecule has 0 amide bonds. The number of nitrogens with two attached hydrogens (primary N) is 1. The second kappa shape index (κ2) is 10.2. The van der Waals surface area contributed by atoms with Crippen LogP contribution in [-0.2, 0) is 19.6 Å². The van der Waals surface area contributed by atoms with E-state index >= 15 is 4.39 Å². The van der Waals surface area contributed by atoms with Gasteiger partial charge in [-0.3, -0.25) is 19.6 Å². The van der Waals surface area contributed by atoms with E-state index in [-0.39, 0.29) is 11.9 Å². The number of carbonyl (C=O) groups is 1. The van der Waals surface area contributed by atoms with Gasteiger partial charge in [0.1, 0.15) is 23.9 Å². The Hall–Kier alpha value is -3.69. The molecule has 194 valence electrons. The lowest BCUT2D eigenvalue weighted by Crippen LogP contribution is -2.36. The van der Waals surface area contributed by atoms with Crippen molar-refractivity contribution in [3.63, 3.8) is 0 Å². The predicted molar refractivity (Wildman–Crippen MR) is 143 cm³/mol. The van der Waals surface area contributed by atoms with Crippen molar-refractivity contribution in [3.8, 4) is 16.8 Å². The Kier molecular flexibility index (Phi) is 6.63. The van der Waals surface area contributed by atoms with Crippen LogP contribution in [-0.4, -0.2) is 44.5 Å². The summed E-state index contributed by atoms with van der Waals surface area (Å²) in [6.07, 6.45) is 2.12. The lowest BCUT2D eigenvalue weighted by molar-refractivity contribution is 0.0920. The summed E-state index contributed by atoms with van der Waals surface area (Å²) in [7, 11) is 0. The van der Waals surface area contributed by atoms with Crippen molar-refractivity contribution in [1.82, 2.24) is 19.8 Å². The first-order valence-electron chi connectivity index (χ1n) is 12.9. The molecule has 4 N–H and O–H groups in total. The Bertz CT molecular complexity index is 1500. The fraction of sp³-hybridized carbons (Fsp3) is 0.267. The number of fused-ring (bicyclic) bond motifs is 1. The maximum absolute atomic E-state index is 15.6. The number of imidazole rings is 1. The highest BCUT2D eigenvalue weighted by Crippen LogP contribution is 2.32. The molecule has 2 atom stereocenters. The van der Waals surface area contributed by atoms with Crippen LogP contribution in [0.4, 0.5) is 4.39 Å². The zero-order chi connectivity index (χ0) is 26.2. The van der Waals surface area contributed by atoms with Crippen LogP contribution in [0.5, 0.6) is 0 Å². The zero-order valence-corrected chi connectivity index (χ0v) is 21.0. The molecule has 4 aromatic rings. The van der Waals surface area contributed by atoms with Gasteiger partial charge in [0.2, 0.25) is 5.78 Å². The molecule has 0 radical (unpaired) electrons. The van der Waals surface area contributed by atoms with Gasteiger partial charge in [0, 0.05) is 44.0 Å². The van der Waals surface area contributed by atoms with Crippen molar-refractivity contribution in [2.24, 2.45) is 5.73 Å². The quantitative estimate of drug-likeness (QED) is 0.365. The molecule has 1 unspecified atom stereocenters. The molecular formula is C30H30FN5O2. The molecule has 0 spiro atoms. The summed E-state index contributed by atoms with van der Waals surface area (Å²) >= 11 is 0. The Balaban J connectivity index is 1.29. The molecule has 1 aromatic heterocycles. The number of nitrogens with zero attached hydrogens (tertiary/aromatic N) is 3. The van der Waals surface area contributed by atoms with E-state index in [1.165, 1.54) is 6.07 Å². The number of rotatable bonds is 6. The number of carbonyl (C=O) groups excluding carboxylic acids is 1. The summed E-state index contributed by atoms with van der Waals surface area (Å²) in [5.41, 5.74) is 11.8. The van der Waals surface area contributed by atoms with E-state index in [1.807, 2.05) is 54.6 Å². The van der Waals surface area contributed by atoms with Crippen LogP contribution in [0.15, 0.2) is 73.1 Å². The average Bonchev–Trinajstić information content (AvgIpc) is 3.56. The number of halogens is 1. The summed E-state index contributed by atoms with van der Waals surface area (Å²) in [6, 6.07) is 19.9. The normalized spacial score (nSPS) is 19.6. The minimum Gasteiger partial charge on any atom is -0.392 e. The molecule has 1 fully saturated rings. The molecule has 2 aliphatic heterocycles. The van der Waals surface area contributed by atoms with E-state index in [2.05, 4.69) is 15.2 Å². The number of hydrogen-bond donors (Lipinski definition) is 3. The molecule has 3 heterocycles. The summed E-state index contributed by atoms with van der Waals surface area (Å²) in [5, 5.41) is 13.1. The monoisotopic (exact) mass is 511 g/mol. The molecular weight excluding hydrogens is 481 g/mol. The Morgan fingerprint density at radius 3 is 2.76 bits per heavy atom. The molecule has 8 heteroatoms. The molecule has 2 aliphatic rings. The second-order valence-corrected chi connectivity index (χ2v) is 10.0. The number of aliphatic hydroxyl groups excluding tert-OH is 1. The molecule has 7 nitrogen and oxygen atoms in total. The predicted octanol–water partition coefficient (Wildman–Crippen LogP) is 3.73. The van der Waals surface area contributed by atoms with Crippen molar-refractivity contribution in [2.75, 3.05) is 13.1 Å². The summed E-state index contributed by atoms with van der Waals surface area (Å²) in [6.45, 7) is 2.93. The third-order valence-corrected chi connectivity index (χ3v) is 7.52. The zero-order valence-electron chi connectivity index (χ0n) is 21.0. The van der Waals surface area contributed by atoms with Gasteiger partial charge in [-0.1, -0.05) is 48.5 Å². The molecule has 38 heavy (non-hydrogen) atoms. The van der Waals surface area contributed by atoms with Crippen LogP contribution < -0.4 is 11.1 Å². The SMILES string of the molecule is NCc1cccc(-n2cnc3c2C(=O)C(c2ccc(-c4ccccc4CN4CC[C@@H](O)C4)cc2F)NC3)c1. The topological polar surface area (TPSA) is 96.4 Å². The van der Waals surface area contributed by atoms with Crippen molar-refractivity contribution in [3.05, 3.63) is 107 Å². The number of aromatic nitrogens is 2. The van der Waals surface area contributed by atoms with Gasteiger partial charge >= 0.3 is 0 Å². The summed E-state index contributed by atoms with van der Waals surface area (Å²) in [5.74, 6) is -0.652. The number of Topliss-reactive ketones (excluding diaryl/α,β-unsaturated/α-hetero) is 1. The van der Waals surface area contributed by atoms with Crippen LogP contribution in [0, 0.1) is 5.82 Å². The standard InChI is InChI=1S/C30H30FN5O2/c31-26-13-20(24-7-2-1-5-21(24)16-35-11-10-23(37)17-35)8-9-25(26)28-30(38)29-27(15-33-28)34-18-36(29)22-6-3-4-19(12-22)14-32/h1-9,12-13,18,23,28,33,37H,10-11,14-17,32H2/t23-,28?/m1/s1. The number of benzene rings is 3. The maximum atomic E-state index is 15.6. The van der Waals surface area contributed by atoms with E-state index in [1.54, 1.807) is 17.0 Å². The minimum absolute atomic E-state index is 0.221. The van der Waals surface area contributed by atoms with Gasteiger partial charge in [-0.05, 0) is 46.9 Å². The highest BCUT2D eigenvalue weighted by atomic mass is 19.1. The van der Waals surface area contributed by atoms with Gasteiger partial charge in [0.05, 0.1) is 11.8 Å². The van der Waals surface area contributed by atoms with Gasteiger partial charge in [-0.2, -0.15) is 0 Å². The van der Waals surface area contributed by atoms with E-state index in [0.717, 1.165) is 40.9 Å². The molecule has 3 aromatic carbocycles. The van der Waals surface area contributed by atoms with Gasteiger partial charge in [0.25, 0.3) is 0 Å². The first kappa shape index (κ1) is 24.6. The smallest absolute Gasteiger partial charge is 0.203 e. The number of ketones is 1. The number of β-amino-alcohol motifs (C(OH)–C–C–N with tert-alkyl or cyclic N) is 1. The third-order valence-electron chi connectivity index (χ3n) is 7.52. The Morgan fingerprint density at radius 2 is 1.97 bits per heavy atom. The van der Waals surface area contributed by atoms with Crippen LogP contribution >= 0.6 is 0 Å². The highest BCUT2D eigenvalue weighted by molar-refractivity contribution is 6.01. The van der Waals surface area contributed by atoms with Crippen LogP contribution in [0.1, 0.15) is 45.3 Å². The largest absolute Gasteiger partial charge is 0.392 e. The molecule has 0 bridgehead atoms. The maximum Gasteiger partial charge on any atom is 0.203 e. The van der Waals surface area contributed by atoms with Crippen LogP contribution in [0.25, 0.3) is 16.8 Å². The van der Waals surface area contributed by atoms with Gasteiger partial charge < -0.3 is 10.8 Å². The second-order valence-electron chi connectivity index (χ2n) is 10.0. The Labute approximate surface area is 220 Å². The minimum atomic E-state index is -0.814. The summed E-state index contributed by atoms with van der Waals surface area (Å²) < 4.78 is 17.4. The number of hydrogen-bond acceptors (Lipinski definition) is 6. The van der Waals surface area contributed by atoms with Gasteiger partial charge in [0.15, 0.2) is 0 Å². The van der Waals surface area contributed by atoms with Crippen molar-refractivity contribution in [1.29, 1.82) is 0 Å². The number of aliphatic hydroxyl groups is 1. The van der Waals surface area contributed by atoms with Crippen molar-refractivity contribution >= 4 is 5.78 Å². The van der Waals surface area contributed by atoms with Crippen molar-refractivity contribution < 1.29 is 14.3 Å². The fourth-order valence-electron chi connectivity index (χ4n) is 5.55. The molecule has 0 saturated carbocycles. The van der Waals surface area contributed by atoms with Gasteiger partial charge in [-0.15, -0.1) is 0 Å². The first-order valence-corrected chi connectivity index (χ1v) is 12.9. The third kappa shape index (κ3) is 4.56. The van der Waals surface area contributed by atoms with E-state index < -0.39 is 11.9 Å². The van der Waals surface area contributed by atoms with E-state index in [9.17, 15) is 9.90 Å². The lowest BCUT2D eigenvalue weighted by atomic mass is 9.92. The fourth-order valence-corrected chi connectivity index (χ4v) is 5.55. The van der Waals surface area contributed by atoms with Gasteiger partial charge in [-0.25, -0.2) is 9.37 Å².